The van der Waals surface area contributed by atoms with Gasteiger partial charge in [-0.3, -0.25) is 0 Å². The Balaban J connectivity index is 1.89. The number of benzene rings is 1. The van der Waals surface area contributed by atoms with Crippen molar-refractivity contribution in [2.24, 2.45) is 5.92 Å². The van der Waals surface area contributed by atoms with Gasteiger partial charge in [0.25, 0.3) is 0 Å². The van der Waals surface area contributed by atoms with E-state index in [0.29, 0.717) is 18.2 Å². The minimum Gasteiger partial charge on any atom is -0.492 e. The first-order chi connectivity index (χ1) is 10.2. The third kappa shape index (κ3) is 3.16. The summed E-state index contributed by atoms with van der Waals surface area (Å²) >= 11 is 1.55. The zero-order valence-electron chi connectivity index (χ0n) is 11.9. The number of hydrogen-bond donors (Lipinski definition) is 1. The number of ether oxygens (including phenoxy) is 1. The summed E-state index contributed by atoms with van der Waals surface area (Å²) in [5.74, 6) is 1.36. The second kappa shape index (κ2) is 6.13. The Bertz CT molecular complexity index is 741. The van der Waals surface area contributed by atoms with Crippen molar-refractivity contribution < 1.29 is 4.74 Å². The van der Waals surface area contributed by atoms with Crippen LogP contribution in [-0.4, -0.2) is 26.5 Å². The second-order valence-corrected chi connectivity index (χ2v) is 6.06. The van der Waals surface area contributed by atoms with E-state index in [1.165, 1.54) is 6.33 Å². The normalized spacial score (nSPS) is 11.2. The molecular formula is C15H16N4OS. The highest BCUT2D eigenvalue weighted by molar-refractivity contribution is 7.99. The molecule has 0 bridgehead atoms. The predicted molar refractivity (Wildman–Crippen MR) is 82.6 cm³/mol. The molecule has 0 unspecified atom stereocenters. The van der Waals surface area contributed by atoms with E-state index in [1.54, 1.807) is 18.1 Å². The lowest BCUT2D eigenvalue weighted by Crippen LogP contribution is -2.05. The van der Waals surface area contributed by atoms with Gasteiger partial charge in [-0.2, -0.15) is 0 Å². The van der Waals surface area contributed by atoms with Crippen LogP contribution in [0.3, 0.4) is 0 Å². The van der Waals surface area contributed by atoms with E-state index in [9.17, 15) is 0 Å². The maximum absolute atomic E-state index is 5.87. The number of hydrogen-bond acceptors (Lipinski definition) is 5. The lowest BCUT2D eigenvalue weighted by Gasteiger charge is -2.12. The predicted octanol–water partition coefficient (Wildman–Crippen LogP) is 3.54. The molecule has 0 amide bonds. The lowest BCUT2D eigenvalue weighted by molar-refractivity contribution is 0.265. The summed E-state index contributed by atoms with van der Waals surface area (Å²) in [5.41, 5.74) is 1.52. The van der Waals surface area contributed by atoms with Crippen LogP contribution >= 0.6 is 11.8 Å². The Morgan fingerprint density at radius 2 is 2.05 bits per heavy atom. The second-order valence-electron chi connectivity index (χ2n) is 5.03. The minimum absolute atomic E-state index is 0.487. The first-order valence-corrected chi connectivity index (χ1v) is 7.59. The van der Waals surface area contributed by atoms with Gasteiger partial charge in [0.15, 0.2) is 5.65 Å². The molecule has 0 aliphatic carbocycles. The van der Waals surface area contributed by atoms with Crippen LogP contribution in [0.5, 0.6) is 5.75 Å². The Hall–Kier alpha value is -2.08. The number of nitrogens with one attached hydrogen (secondary N) is 1. The molecule has 2 aromatic heterocycles. The summed E-state index contributed by atoms with van der Waals surface area (Å²) in [7, 11) is 0. The van der Waals surface area contributed by atoms with Crippen molar-refractivity contribution in [3.8, 4) is 5.75 Å². The highest BCUT2D eigenvalue weighted by atomic mass is 32.2. The van der Waals surface area contributed by atoms with Crippen molar-refractivity contribution in [3.05, 3.63) is 36.9 Å². The molecule has 0 aliphatic heterocycles. The van der Waals surface area contributed by atoms with Gasteiger partial charge in [0.05, 0.1) is 17.8 Å². The summed E-state index contributed by atoms with van der Waals surface area (Å²) in [5, 5.41) is 0.845. The standard InChI is InChI=1S/C15H16N4OS/c1-10(2)7-20-11-5-3-4-6-12(11)21-15-13-14(17-8-16-13)18-9-19-15/h3-6,8-10H,7H2,1-2H3,(H,16,17,18,19). The van der Waals surface area contributed by atoms with Crippen molar-refractivity contribution in [1.29, 1.82) is 0 Å². The zero-order chi connectivity index (χ0) is 14.7. The van der Waals surface area contributed by atoms with E-state index in [4.69, 9.17) is 4.74 Å². The Kier molecular flexibility index (Phi) is 4.06. The van der Waals surface area contributed by atoms with E-state index < -0.39 is 0 Å². The number of aromatic nitrogens is 4. The molecule has 6 heteroatoms. The van der Waals surface area contributed by atoms with Crippen molar-refractivity contribution in [2.75, 3.05) is 6.61 Å². The van der Waals surface area contributed by atoms with Gasteiger partial charge in [0.2, 0.25) is 0 Å². The largest absolute Gasteiger partial charge is 0.492 e. The molecule has 3 rings (SSSR count). The van der Waals surface area contributed by atoms with Gasteiger partial charge in [0.1, 0.15) is 22.6 Å². The minimum atomic E-state index is 0.487. The molecule has 0 aliphatic rings. The molecule has 0 radical (unpaired) electrons. The number of aromatic amines is 1. The Morgan fingerprint density at radius 3 is 2.90 bits per heavy atom. The fourth-order valence-electron chi connectivity index (χ4n) is 1.83. The maximum atomic E-state index is 5.87. The molecule has 1 aromatic carbocycles. The van der Waals surface area contributed by atoms with E-state index in [2.05, 4.69) is 33.8 Å². The van der Waals surface area contributed by atoms with Crippen LogP contribution in [0, 0.1) is 5.92 Å². The van der Waals surface area contributed by atoms with Crippen LogP contribution in [0.25, 0.3) is 11.2 Å². The zero-order valence-corrected chi connectivity index (χ0v) is 12.7. The molecule has 1 N–H and O–H groups in total. The number of fused-ring (bicyclic) bond motifs is 1. The van der Waals surface area contributed by atoms with Crippen LogP contribution in [0.15, 0.2) is 46.8 Å². The first kappa shape index (κ1) is 13.9. The molecule has 2 heterocycles. The van der Waals surface area contributed by atoms with Gasteiger partial charge in [-0.1, -0.05) is 37.7 Å². The lowest BCUT2D eigenvalue weighted by atomic mass is 10.2. The fourth-order valence-corrected chi connectivity index (χ4v) is 2.77. The SMILES string of the molecule is CC(C)COc1ccccc1Sc1ncnc2nc[nH]c12. The topological polar surface area (TPSA) is 63.7 Å². The maximum Gasteiger partial charge on any atom is 0.181 e. The average molecular weight is 300 g/mol. The molecule has 21 heavy (non-hydrogen) atoms. The molecule has 0 saturated carbocycles. The Morgan fingerprint density at radius 1 is 1.19 bits per heavy atom. The molecular weight excluding hydrogens is 284 g/mol. The van der Waals surface area contributed by atoms with Gasteiger partial charge in [-0.15, -0.1) is 0 Å². The van der Waals surface area contributed by atoms with Crippen LogP contribution in [0.2, 0.25) is 0 Å². The van der Waals surface area contributed by atoms with Crippen LogP contribution < -0.4 is 4.74 Å². The van der Waals surface area contributed by atoms with E-state index in [0.717, 1.165) is 21.2 Å². The number of nitrogens with zero attached hydrogens (tertiary/aromatic N) is 3. The molecule has 0 saturated heterocycles. The highest BCUT2D eigenvalue weighted by Gasteiger charge is 2.11. The Labute approximate surface area is 127 Å². The molecule has 0 atom stereocenters. The molecule has 0 spiro atoms. The van der Waals surface area contributed by atoms with Crippen LogP contribution in [0.4, 0.5) is 0 Å². The van der Waals surface area contributed by atoms with Crippen molar-refractivity contribution in [1.82, 2.24) is 19.9 Å². The number of imidazole rings is 1. The van der Waals surface area contributed by atoms with Crippen LogP contribution in [-0.2, 0) is 0 Å². The number of rotatable bonds is 5. The van der Waals surface area contributed by atoms with E-state index in [-0.39, 0.29) is 0 Å². The quantitative estimate of drug-likeness (QED) is 0.730. The van der Waals surface area contributed by atoms with Crippen molar-refractivity contribution in [3.63, 3.8) is 0 Å². The summed E-state index contributed by atoms with van der Waals surface area (Å²) < 4.78 is 5.87. The third-order valence-corrected chi connectivity index (χ3v) is 3.88. The van der Waals surface area contributed by atoms with Gasteiger partial charge >= 0.3 is 0 Å². The van der Waals surface area contributed by atoms with E-state index >= 15 is 0 Å². The van der Waals surface area contributed by atoms with Crippen LogP contribution in [0.1, 0.15) is 13.8 Å². The summed E-state index contributed by atoms with van der Waals surface area (Å²) in [6.07, 6.45) is 3.16. The van der Waals surface area contributed by atoms with Crippen molar-refractivity contribution in [2.45, 2.75) is 23.8 Å². The first-order valence-electron chi connectivity index (χ1n) is 6.78. The van der Waals surface area contributed by atoms with E-state index in [1.807, 2.05) is 24.3 Å². The number of H-pyrrole nitrogens is 1. The average Bonchev–Trinajstić information content (AvgIpc) is 2.96. The van der Waals surface area contributed by atoms with Gasteiger partial charge in [-0.05, 0) is 18.1 Å². The summed E-state index contributed by atoms with van der Waals surface area (Å²) in [6.45, 7) is 4.96. The van der Waals surface area contributed by atoms with Gasteiger partial charge in [0, 0.05) is 0 Å². The molecule has 3 aromatic rings. The monoisotopic (exact) mass is 300 g/mol. The number of para-hydroxylation sites is 1. The smallest absolute Gasteiger partial charge is 0.181 e. The fraction of sp³-hybridized carbons (Fsp3) is 0.267. The molecule has 0 fully saturated rings. The summed E-state index contributed by atoms with van der Waals surface area (Å²) in [6, 6.07) is 7.99. The van der Waals surface area contributed by atoms with Crippen molar-refractivity contribution >= 4 is 22.9 Å². The van der Waals surface area contributed by atoms with Gasteiger partial charge < -0.3 is 9.72 Å². The third-order valence-electron chi connectivity index (χ3n) is 2.82. The molecule has 5 nitrogen and oxygen atoms in total. The summed E-state index contributed by atoms with van der Waals surface area (Å²) in [4.78, 5) is 16.7. The highest BCUT2D eigenvalue weighted by Crippen LogP contribution is 2.35. The van der Waals surface area contributed by atoms with Gasteiger partial charge in [-0.25, -0.2) is 15.0 Å². The molecule has 108 valence electrons.